The fraction of sp³-hybridized carbons (Fsp3) is 0.143. The summed E-state index contributed by atoms with van der Waals surface area (Å²) in [5, 5.41) is 4.28. The maximum atomic E-state index is 4.28. The van der Waals surface area contributed by atoms with E-state index in [0.717, 1.165) is 0 Å². The molecular formula is C14H13N3. The van der Waals surface area contributed by atoms with Crippen LogP contribution in [-0.2, 0) is 0 Å². The summed E-state index contributed by atoms with van der Waals surface area (Å²) in [5.74, 6) is 0.346. The Labute approximate surface area is 100 Å². The smallest absolute Gasteiger partial charge is 0.137 e. The second kappa shape index (κ2) is 4.37. The summed E-state index contributed by atoms with van der Waals surface area (Å²) < 4.78 is 1.92. The van der Waals surface area contributed by atoms with Gasteiger partial charge in [0.05, 0.1) is 6.04 Å². The minimum Gasteiger partial charge on any atom is -0.245 e. The van der Waals surface area contributed by atoms with Crippen LogP contribution in [0.3, 0.4) is 0 Å². The molecule has 2 aromatic rings. The van der Waals surface area contributed by atoms with E-state index in [1.54, 1.807) is 12.7 Å². The third kappa shape index (κ3) is 1.91. The summed E-state index contributed by atoms with van der Waals surface area (Å²) >= 11 is 0. The van der Waals surface area contributed by atoms with Crippen LogP contribution in [0.25, 0.3) is 0 Å². The van der Waals surface area contributed by atoms with Crippen molar-refractivity contribution >= 4 is 0 Å². The zero-order valence-electron chi connectivity index (χ0n) is 9.35. The molecule has 1 aromatic carbocycles. The van der Waals surface area contributed by atoms with Crippen molar-refractivity contribution in [3.63, 3.8) is 0 Å². The molecule has 0 radical (unpaired) electrons. The van der Waals surface area contributed by atoms with E-state index in [0.29, 0.717) is 5.92 Å². The number of rotatable bonds is 3. The highest BCUT2D eigenvalue weighted by Crippen LogP contribution is 2.29. The third-order valence-corrected chi connectivity index (χ3v) is 3.01. The fourth-order valence-corrected chi connectivity index (χ4v) is 2.22. The van der Waals surface area contributed by atoms with E-state index in [2.05, 4.69) is 58.7 Å². The minimum atomic E-state index is 0.189. The summed E-state index contributed by atoms with van der Waals surface area (Å²) in [6.07, 6.45) is 11.9. The van der Waals surface area contributed by atoms with Crippen LogP contribution < -0.4 is 0 Å². The largest absolute Gasteiger partial charge is 0.245 e. The minimum absolute atomic E-state index is 0.189. The van der Waals surface area contributed by atoms with Crippen LogP contribution in [0.5, 0.6) is 0 Å². The van der Waals surface area contributed by atoms with Gasteiger partial charge in [-0.25, -0.2) is 9.67 Å². The normalized spacial score (nSPS) is 16.5. The van der Waals surface area contributed by atoms with Gasteiger partial charge in [0, 0.05) is 5.92 Å². The van der Waals surface area contributed by atoms with E-state index in [4.69, 9.17) is 0 Å². The predicted molar refractivity (Wildman–Crippen MR) is 66.4 cm³/mol. The van der Waals surface area contributed by atoms with Gasteiger partial charge in [-0.2, -0.15) is 5.10 Å². The van der Waals surface area contributed by atoms with Gasteiger partial charge in [-0.15, -0.1) is 0 Å². The van der Waals surface area contributed by atoms with E-state index in [-0.39, 0.29) is 6.04 Å². The van der Waals surface area contributed by atoms with Gasteiger partial charge in [0.15, 0.2) is 0 Å². The average Bonchev–Trinajstić information content (AvgIpc) is 3.04. The topological polar surface area (TPSA) is 30.7 Å². The van der Waals surface area contributed by atoms with Crippen LogP contribution in [0.15, 0.2) is 67.3 Å². The Morgan fingerprint density at radius 2 is 1.82 bits per heavy atom. The SMILES string of the molecule is C1=CC(C(c2ccccc2)n2cncn2)C=C1. The van der Waals surface area contributed by atoms with Crippen molar-refractivity contribution in [3.05, 3.63) is 72.9 Å². The molecule has 3 rings (SSSR count). The number of hydrogen-bond donors (Lipinski definition) is 0. The molecular weight excluding hydrogens is 210 g/mol. The highest BCUT2D eigenvalue weighted by Gasteiger charge is 2.22. The molecule has 3 heteroatoms. The molecule has 1 aromatic heterocycles. The second-order valence-electron chi connectivity index (χ2n) is 4.08. The Morgan fingerprint density at radius 1 is 1.06 bits per heavy atom. The molecule has 0 fully saturated rings. The lowest BCUT2D eigenvalue weighted by molar-refractivity contribution is 0.465. The first-order valence-corrected chi connectivity index (χ1v) is 5.69. The number of aromatic nitrogens is 3. The number of allylic oxidation sites excluding steroid dienone is 4. The molecule has 0 spiro atoms. The van der Waals surface area contributed by atoms with Crippen molar-refractivity contribution in [2.45, 2.75) is 6.04 Å². The van der Waals surface area contributed by atoms with Gasteiger partial charge in [-0.1, -0.05) is 54.6 Å². The average molecular weight is 223 g/mol. The molecule has 1 aliphatic rings. The Balaban J connectivity index is 2.03. The Morgan fingerprint density at radius 3 is 2.47 bits per heavy atom. The van der Waals surface area contributed by atoms with Crippen molar-refractivity contribution < 1.29 is 0 Å². The second-order valence-corrected chi connectivity index (χ2v) is 4.08. The summed E-state index contributed by atoms with van der Waals surface area (Å²) in [6.45, 7) is 0. The monoisotopic (exact) mass is 223 g/mol. The summed E-state index contributed by atoms with van der Waals surface area (Å²) in [5.41, 5.74) is 1.25. The summed E-state index contributed by atoms with van der Waals surface area (Å²) in [7, 11) is 0. The van der Waals surface area contributed by atoms with E-state index >= 15 is 0 Å². The Kier molecular flexibility index (Phi) is 2.58. The van der Waals surface area contributed by atoms with Crippen molar-refractivity contribution in [2.24, 2.45) is 5.92 Å². The van der Waals surface area contributed by atoms with Gasteiger partial charge in [0.1, 0.15) is 12.7 Å². The first kappa shape index (κ1) is 10.0. The molecule has 0 saturated heterocycles. The number of benzene rings is 1. The molecule has 1 atom stereocenters. The van der Waals surface area contributed by atoms with Crippen LogP contribution in [0, 0.1) is 5.92 Å². The lowest BCUT2D eigenvalue weighted by Gasteiger charge is -2.21. The zero-order valence-corrected chi connectivity index (χ0v) is 9.35. The molecule has 0 amide bonds. The van der Waals surface area contributed by atoms with E-state index in [1.165, 1.54) is 5.56 Å². The molecule has 0 saturated carbocycles. The summed E-state index contributed by atoms with van der Waals surface area (Å²) in [6, 6.07) is 10.6. The number of nitrogens with zero attached hydrogens (tertiary/aromatic N) is 3. The molecule has 3 nitrogen and oxygen atoms in total. The van der Waals surface area contributed by atoms with Gasteiger partial charge in [0.2, 0.25) is 0 Å². The van der Waals surface area contributed by atoms with E-state index in [1.807, 2.05) is 10.7 Å². The first-order valence-electron chi connectivity index (χ1n) is 5.69. The van der Waals surface area contributed by atoms with Crippen molar-refractivity contribution in [1.29, 1.82) is 0 Å². The van der Waals surface area contributed by atoms with E-state index in [9.17, 15) is 0 Å². The Hall–Kier alpha value is -2.16. The maximum Gasteiger partial charge on any atom is 0.137 e. The van der Waals surface area contributed by atoms with Crippen molar-refractivity contribution in [2.75, 3.05) is 0 Å². The molecule has 1 aliphatic carbocycles. The Bertz CT molecular complexity index is 514. The molecule has 17 heavy (non-hydrogen) atoms. The van der Waals surface area contributed by atoms with Crippen LogP contribution in [0.1, 0.15) is 11.6 Å². The lowest BCUT2D eigenvalue weighted by atomic mass is 9.94. The van der Waals surface area contributed by atoms with Gasteiger partial charge in [0.25, 0.3) is 0 Å². The fourth-order valence-electron chi connectivity index (χ4n) is 2.22. The molecule has 1 heterocycles. The number of hydrogen-bond acceptors (Lipinski definition) is 2. The molecule has 1 unspecified atom stereocenters. The lowest BCUT2D eigenvalue weighted by Crippen LogP contribution is -2.17. The predicted octanol–water partition coefficient (Wildman–Crippen LogP) is 2.61. The van der Waals surface area contributed by atoms with Crippen LogP contribution >= 0.6 is 0 Å². The van der Waals surface area contributed by atoms with Gasteiger partial charge >= 0.3 is 0 Å². The molecule has 0 aliphatic heterocycles. The maximum absolute atomic E-state index is 4.28. The van der Waals surface area contributed by atoms with Crippen LogP contribution in [-0.4, -0.2) is 14.8 Å². The van der Waals surface area contributed by atoms with Crippen LogP contribution in [0.2, 0.25) is 0 Å². The van der Waals surface area contributed by atoms with Crippen LogP contribution in [0.4, 0.5) is 0 Å². The van der Waals surface area contributed by atoms with Crippen molar-refractivity contribution in [3.8, 4) is 0 Å². The van der Waals surface area contributed by atoms with Gasteiger partial charge in [-0.3, -0.25) is 0 Å². The van der Waals surface area contributed by atoms with E-state index < -0.39 is 0 Å². The summed E-state index contributed by atoms with van der Waals surface area (Å²) in [4.78, 5) is 4.04. The third-order valence-electron chi connectivity index (χ3n) is 3.01. The highest BCUT2D eigenvalue weighted by molar-refractivity contribution is 5.28. The zero-order chi connectivity index (χ0) is 11.5. The first-order chi connectivity index (χ1) is 8.45. The van der Waals surface area contributed by atoms with Gasteiger partial charge < -0.3 is 0 Å². The van der Waals surface area contributed by atoms with Crippen molar-refractivity contribution in [1.82, 2.24) is 14.8 Å². The standard InChI is InChI=1S/C14H13N3/c1-2-6-12(7-3-1)14(13-8-4-5-9-13)17-11-15-10-16-17/h1-11,13-14H. The van der Waals surface area contributed by atoms with Gasteiger partial charge in [-0.05, 0) is 5.56 Å². The quantitative estimate of drug-likeness (QED) is 0.800. The molecule has 84 valence electrons. The molecule has 0 N–H and O–H groups in total. The highest BCUT2D eigenvalue weighted by atomic mass is 15.3. The molecule has 0 bridgehead atoms.